The first kappa shape index (κ1) is 22.0. The topological polar surface area (TPSA) is 76.5 Å². The van der Waals surface area contributed by atoms with Gasteiger partial charge in [-0.05, 0) is 42.9 Å². The summed E-state index contributed by atoms with van der Waals surface area (Å²) in [5, 5.41) is 3.15. The zero-order valence-electron chi connectivity index (χ0n) is 17.7. The number of halogens is 2. The van der Waals surface area contributed by atoms with Crippen molar-refractivity contribution in [1.29, 1.82) is 0 Å². The molecular formula is C23H22ClFN4O3. The Morgan fingerprint density at radius 2 is 2.03 bits per heavy atom. The second kappa shape index (κ2) is 9.10. The number of fused-ring (bicyclic) bond motifs is 1. The fraction of sp³-hybridized carbons (Fsp3) is 0.261. The molecule has 9 heteroatoms. The van der Waals surface area contributed by atoms with Crippen molar-refractivity contribution in [2.45, 2.75) is 19.6 Å². The molecule has 1 N–H and O–H groups in total. The van der Waals surface area contributed by atoms with Gasteiger partial charge < -0.3 is 14.6 Å². The first-order valence-corrected chi connectivity index (χ1v) is 10.4. The number of ether oxygens (including phenoxy) is 1. The van der Waals surface area contributed by atoms with E-state index in [0.717, 1.165) is 17.8 Å². The number of imidazole rings is 1. The van der Waals surface area contributed by atoms with Gasteiger partial charge in [0.2, 0.25) is 0 Å². The van der Waals surface area contributed by atoms with Crippen molar-refractivity contribution in [2.75, 3.05) is 20.7 Å². The van der Waals surface area contributed by atoms with Crippen LogP contribution in [0.3, 0.4) is 0 Å². The third-order valence-corrected chi connectivity index (χ3v) is 5.62. The van der Waals surface area contributed by atoms with E-state index in [0.29, 0.717) is 35.1 Å². The summed E-state index contributed by atoms with van der Waals surface area (Å²) in [5.74, 6) is -0.900. The van der Waals surface area contributed by atoms with E-state index in [9.17, 15) is 14.0 Å². The Morgan fingerprint density at radius 1 is 1.22 bits per heavy atom. The molecule has 0 atom stereocenters. The van der Waals surface area contributed by atoms with Crippen LogP contribution in [0.4, 0.5) is 4.39 Å². The van der Waals surface area contributed by atoms with E-state index in [1.54, 1.807) is 36.4 Å². The van der Waals surface area contributed by atoms with Crippen LogP contribution in [0, 0.1) is 5.82 Å². The van der Waals surface area contributed by atoms with Gasteiger partial charge in [-0.15, -0.1) is 0 Å². The highest BCUT2D eigenvalue weighted by Crippen LogP contribution is 2.29. The summed E-state index contributed by atoms with van der Waals surface area (Å²) >= 11 is 5.90. The average Bonchev–Trinajstić information content (AvgIpc) is 3.15. The van der Waals surface area contributed by atoms with Crippen molar-refractivity contribution >= 4 is 23.5 Å². The lowest BCUT2D eigenvalue weighted by Crippen LogP contribution is -2.32. The molecule has 0 unspecified atom stereocenters. The van der Waals surface area contributed by atoms with Gasteiger partial charge in [-0.1, -0.05) is 23.7 Å². The summed E-state index contributed by atoms with van der Waals surface area (Å²) in [6, 6.07) is 11.3. The molecule has 2 heterocycles. The van der Waals surface area contributed by atoms with E-state index in [1.165, 1.54) is 13.2 Å². The molecule has 1 amide bonds. The molecule has 0 spiro atoms. The van der Waals surface area contributed by atoms with Gasteiger partial charge >= 0.3 is 5.97 Å². The van der Waals surface area contributed by atoms with Crippen molar-refractivity contribution in [3.8, 4) is 11.4 Å². The summed E-state index contributed by atoms with van der Waals surface area (Å²) in [6.45, 7) is 2.07. The maximum absolute atomic E-state index is 14.6. The van der Waals surface area contributed by atoms with Gasteiger partial charge in [0.1, 0.15) is 11.6 Å². The van der Waals surface area contributed by atoms with Crippen LogP contribution in [0.5, 0.6) is 0 Å². The number of nitrogens with one attached hydrogen (secondary N) is 1. The van der Waals surface area contributed by atoms with Gasteiger partial charge in [-0.3, -0.25) is 9.69 Å². The molecule has 166 valence electrons. The normalized spacial score (nSPS) is 13.5. The Bertz CT molecular complexity index is 1190. The number of benzene rings is 2. The molecule has 1 aliphatic rings. The standard InChI is InChI=1S/C23H22ClFN4O3/c1-28-8-9-29-19(13-28)20(27-21(29)17-7-6-16(24)11-18(17)25)22(30)26-12-14-4-3-5-15(10-14)23(31)32-2/h3-7,10-11H,8-9,12-13H2,1-2H3,(H,26,30). The molecule has 32 heavy (non-hydrogen) atoms. The number of amides is 1. The molecule has 1 aliphatic heterocycles. The number of aromatic nitrogens is 2. The number of methoxy groups -OCH3 is 1. The smallest absolute Gasteiger partial charge is 0.337 e. The molecule has 0 fully saturated rings. The number of hydrogen-bond acceptors (Lipinski definition) is 5. The Balaban J connectivity index is 1.62. The molecule has 0 saturated carbocycles. The van der Waals surface area contributed by atoms with Crippen LogP contribution in [-0.4, -0.2) is 47.0 Å². The number of nitrogens with zero attached hydrogens (tertiary/aromatic N) is 3. The minimum atomic E-state index is -0.490. The minimum Gasteiger partial charge on any atom is -0.465 e. The van der Waals surface area contributed by atoms with Crippen LogP contribution in [0.25, 0.3) is 11.4 Å². The Hall–Kier alpha value is -3.23. The average molecular weight is 457 g/mol. The largest absolute Gasteiger partial charge is 0.465 e. The lowest BCUT2D eigenvalue weighted by atomic mass is 10.1. The number of rotatable bonds is 5. The van der Waals surface area contributed by atoms with Gasteiger partial charge in [-0.25, -0.2) is 14.2 Å². The lowest BCUT2D eigenvalue weighted by Gasteiger charge is -2.25. The molecule has 2 aromatic carbocycles. The Labute approximate surface area is 189 Å². The predicted molar refractivity (Wildman–Crippen MR) is 118 cm³/mol. The van der Waals surface area contributed by atoms with Gasteiger partial charge in [-0.2, -0.15) is 0 Å². The second-order valence-corrected chi connectivity index (χ2v) is 8.06. The highest BCUT2D eigenvalue weighted by molar-refractivity contribution is 6.30. The van der Waals surface area contributed by atoms with Crippen LogP contribution in [0.15, 0.2) is 42.5 Å². The summed E-state index contributed by atoms with van der Waals surface area (Å²) in [4.78, 5) is 31.4. The molecule has 0 saturated heterocycles. The van der Waals surface area contributed by atoms with Crippen molar-refractivity contribution < 1.29 is 18.7 Å². The maximum Gasteiger partial charge on any atom is 0.337 e. The third kappa shape index (κ3) is 4.37. The predicted octanol–water partition coefficient (Wildman–Crippen LogP) is 3.50. The van der Waals surface area contributed by atoms with Crippen LogP contribution >= 0.6 is 11.6 Å². The number of likely N-dealkylation sites (N-methyl/N-ethyl adjacent to an activating group) is 1. The van der Waals surface area contributed by atoms with E-state index in [2.05, 4.69) is 15.2 Å². The first-order chi connectivity index (χ1) is 15.4. The Kier molecular flexibility index (Phi) is 6.25. The number of carbonyl (C=O) groups excluding carboxylic acids is 2. The van der Waals surface area contributed by atoms with Gasteiger partial charge in [0, 0.05) is 31.2 Å². The van der Waals surface area contributed by atoms with Crippen molar-refractivity contribution in [1.82, 2.24) is 19.8 Å². The van der Waals surface area contributed by atoms with Crippen molar-refractivity contribution in [3.05, 3.63) is 75.8 Å². The van der Waals surface area contributed by atoms with Crippen LogP contribution < -0.4 is 5.32 Å². The zero-order chi connectivity index (χ0) is 22.8. The zero-order valence-corrected chi connectivity index (χ0v) is 18.4. The van der Waals surface area contributed by atoms with E-state index in [-0.39, 0.29) is 18.1 Å². The maximum atomic E-state index is 14.6. The van der Waals surface area contributed by atoms with E-state index in [1.807, 2.05) is 11.6 Å². The van der Waals surface area contributed by atoms with E-state index >= 15 is 0 Å². The van der Waals surface area contributed by atoms with Crippen LogP contribution in [0.2, 0.25) is 5.02 Å². The van der Waals surface area contributed by atoms with E-state index < -0.39 is 11.8 Å². The van der Waals surface area contributed by atoms with Crippen LogP contribution in [-0.2, 0) is 24.4 Å². The van der Waals surface area contributed by atoms with E-state index in [4.69, 9.17) is 16.3 Å². The van der Waals surface area contributed by atoms with Gasteiger partial charge in [0.05, 0.1) is 23.9 Å². The molecule has 4 rings (SSSR count). The summed E-state index contributed by atoms with van der Waals surface area (Å²) in [6.07, 6.45) is 0. The lowest BCUT2D eigenvalue weighted by molar-refractivity contribution is 0.0600. The summed E-state index contributed by atoms with van der Waals surface area (Å²) < 4.78 is 21.2. The fourth-order valence-electron chi connectivity index (χ4n) is 3.74. The van der Waals surface area contributed by atoms with Gasteiger partial charge in [0.15, 0.2) is 5.69 Å². The number of esters is 1. The fourth-order valence-corrected chi connectivity index (χ4v) is 3.90. The first-order valence-electron chi connectivity index (χ1n) is 10.1. The highest BCUT2D eigenvalue weighted by Gasteiger charge is 2.27. The SMILES string of the molecule is COC(=O)c1cccc(CNC(=O)c2nc(-c3ccc(Cl)cc3F)n3c2CN(C)CC3)c1. The molecule has 0 radical (unpaired) electrons. The molecule has 0 bridgehead atoms. The number of hydrogen-bond donors (Lipinski definition) is 1. The van der Waals surface area contributed by atoms with Crippen molar-refractivity contribution in [3.63, 3.8) is 0 Å². The monoisotopic (exact) mass is 456 g/mol. The summed E-state index contributed by atoms with van der Waals surface area (Å²) in [5.41, 5.74) is 2.43. The minimum absolute atomic E-state index is 0.205. The molecule has 7 nitrogen and oxygen atoms in total. The molecular weight excluding hydrogens is 435 g/mol. The molecule has 1 aromatic heterocycles. The third-order valence-electron chi connectivity index (χ3n) is 5.39. The second-order valence-electron chi connectivity index (χ2n) is 7.62. The molecule has 0 aliphatic carbocycles. The quantitative estimate of drug-likeness (QED) is 0.595. The van der Waals surface area contributed by atoms with Crippen molar-refractivity contribution in [2.24, 2.45) is 0 Å². The van der Waals surface area contributed by atoms with Gasteiger partial charge in [0.25, 0.3) is 5.91 Å². The highest BCUT2D eigenvalue weighted by atomic mass is 35.5. The number of carbonyl (C=O) groups is 2. The molecule has 3 aromatic rings. The Morgan fingerprint density at radius 3 is 2.78 bits per heavy atom. The summed E-state index contributed by atoms with van der Waals surface area (Å²) in [7, 11) is 3.27. The van der Waals surface area contributed by atoms with Crippen LogP contribution in [0.1, 0.15) is 32.1 Å².